The van der Waals surface area contributed by atoms with Crippen LogP contribution < -0.4 is 5.32 Å². The van der Waals surface area contributed by atoms with Gasteiger partial charge in [-0.1, -0.05) is 29.8 Å². The molecule has 0 aromatic heterocycles. The molecule has 4 heteroatoms. The van der Waals surface area contributed by atoms with Crippen molar-refractivity contribution in [2.24, 2.45) is 11.8 Å². The number of carbonyl (C=O) groups is 1. The number of carbonyl (C=O) groups excluding carboxylic acids is 1. The van der Waals surface area contributed by atoms with Crippen molar-refractivity contribution in [1.29, 1.82) is 0 Å². The first kappa shape index (κ1) is 15.5. The molecule has 1 heterocycles. The Hall–Kier alpha value is -0.870. The predicted molar refractivity (Wildman–Crippen MR) is 84.8 cm³/mol. The maximum atomic E-state index is 12.5. The van der Waals surface area contributed by atoms with Crippen LogP contribution in [0.2, 0.25) is 0 Å². The maximum Gasteiger partial charge on any atom is 0.230 e. The first-order chi connectivity index (χ1) is 9.43. The van der Waals surface area contributed by atoms with E-state index in [1.165, 1.54) is 0 Å². The Balaban J connectivity index is 2.16. The van der Waals surface area contributed by atoms with Gasteiger partial charge in [0.1, 0.15) is 0 Å². The maximum absolute atomic E-state index is 12.5. The minimum Gasteiger partial charge on any atom is -0.374 e. The molecule has 1 amide bonds. The summed E-state index contributed by atoms with van der Waals surface area (Å²) in [6, 6.07) is 5.96. The number of ether oxygens (including phenoxy) is 1. The molecular formula is C16H22BrNO2. The van der Waals surface area contributed by atoms with E-state index >= 15 is 0 Å². The van der Waals surface area contributed by atoms with Gasteiger partial charge >= 0.3 is 0 Å². The molecule has 0 radical (unpaired) electrons. The fourth-order valence-corrected chi connectivity index (χ4v) is 3.32. The zero-order valence-corrected chi connectivity index (χ0v) is 14.0. The smallest absolute Gasteiger partial charge is 0.230 e. The van der Waals surface area contributed by atoms with Crippen LogP contribution >= 0.6 is 15.9 Å². The van der Waals surface area contributed by atoms with Gasteiger partial charge in [-0.3, -0.25) is 4.79 Å². The number of nitrogens with one attached hydrogen (secondary N) is 1. The third kappa shape index (κ3) is 3.07. The molecular weight excluding hydrogens is 318 g/mol. The molecule has 0 saturated carbocycles. The van der Waals surface area contributed by atoms with Crippen LogP contribution in [0.1, 0.15) is 33.3 Å². The predicted octanol–water partition coefficient (Wildman–Crippen LogP) is 4.01. The van der Waals surface area contributed by atoms with Crippen LogP contribution in [0.5, 0.6) is 0 Å². The molecule has 1 aromatic carbocycles. The van der Waals surface area contributed by atoms with Crippen molar-refractivity contribution in [3.05, 3.63) is 28.2 Å². The molecule has 1 aromatic rings. The Morgan fingerprint density at radius 1 is 1.30 bits per heavy atom. The Morgan fingerprint density at radius 3 is 2.55 bits per heavy atom. The summed E-state index contributed by atoms with van der Waals surface area (Å²) < 4.78 is 6.79. The van der Waals surface area contributed by atoms with E-state index in [2.05, 4.69) is 41.2 Å². The lowest BCUT2D eigenvalue weighted by molar-refractivity contribution is -0.121. The number of anilines is 1. The van der Waals surface area contributed by atoms with E-state index < -0.39 is 0 Å². The normalized spacial score (nSPS) is 29.4. The van der Waals surface area contributed by atoms with Gasteiger partial charge in [-0.2, -0.15) is 0 Å². The highest BCUT2D eigenvalue weighted by molar-refractivity contribution is 9.10. The number of aryl methyl sites for hydroxylation is 1. The number of hydrogen-bond donors (Lipinski definition) is 1. The number of benzene rings is 1. The van der Waals surface area contributed by atoms with E-state index in [1.54, 1.807) is 0 Å². The number of hydrogen-bond acceptors (Lipinski definition) is 2. The van der Waals surface area contributed by atoms with Gasteiger partial charge in [-0.05, 0) is 49.9 Å². The van der Waals surface area contributed by atoms with Gasteiger partial charge in [-0.25, -0.2) is 0 Å². The molecule has 0 aliphatic carbocycles. The summed E-state index contributed by atoms with van der Waals surface area (Å²) in [5.74, 6) is 0.218. The van der Waals surface area contributed by atoms with Gasteiger partial charge in [-0.15, -0.1) is 0 Å². The molecule has 1 aliphatic rings. The first-order valence-electron chi connectivity index (χ1n) is 7.18. The molecule has 1 aliphatic heterocycles. The Kier molecular flexibility index (Phi) is 4.86. The zero-order valence-electron chi connectivity index (χ0n) is 12.4. The van der Waals surface area contributed by atoms with Crippen molar-refractivity contribution in [3.8, 4) is 0 Å². The van der Waals surface area contributed by atoms with Gasteiger partial charge in [0.15, 0.2) is 0 Å². The van der Waals surface area contributed by atoms with Gasteiger partial charge in [0.05, 0.1) is 18.1 Å². The zero-order chi connectivity index (χ0) is 14.9. The van der Waals surface area contributed by atoms with Crippen molar-refractivity contribution >= 4 is 27.5 Å². The summed E-state index contributed by atoms with van der Waals surface area (Å²) in [6.07, 6.45) is 0.995. The van der Waals surface area contributed by atoms with Crippen LogP contribution in [-0.2, 0) is 16.0 Å². The van der Waals surface area contributed by atoms with Gasteiger partial charge in [0.25, 0.3) is 0 Å². The van der Waals surface area contributed by atoms with Crippen molar-refractivity contribution in [1.82, 2.24) is 0 Å². The Labute approximate surface area is 129 Å². The van der Waals surface area contributed by atoms with Crippen molar-refractivity contribution in [3.63, 3.8) is 0 Å². The van der Waals surface area contributed by atoms with Gasteiger partial charge < -0.3 is 10.1 Å². The molecule has 0 bridgehead atoms. The van der Waals surface area contributed by atoms with E-state index in [4.69, 9.17) is 4.74 Å². The van der Waals surface area contributed by atoms with Gasteiger partial charge in [0, 0.05) is 10.2 Å². The minimum absolute atomic E-state index is 0.0273. The first-order valence-corrected chi connectivity index (χ1v) is 7.98. The van der Waals surface area contributed by atoms with Crippen LogP contribution in [0.15, 0.2) is 22.7 Å². The molecule has 3 nitrogen and oxygen atoms in total. The lowest BCUT2D eigenvalue weighted by Gasteiger charge is -2.19. The fourth-order valence-electron chi connectivity index (χ4n) is 2.91. The van der Waals surface area contributed by atoms with E-state index in [9.17, 15) is 4.79 Å². The quantitative estimate of drug-likeness (QED) is 0.903. The minimum atomic E-state index is -0.0849. The van der Waals surface area contributed by atoms with Crippen molar-refractivity contribution in [2.75, 3.05) is 5.32 Å². The largest absolute Gasteiger partial charge is 0.374 e. The lowest BCUT2D eigenvalue weighted by atomic mass is 9.88. The average Bonchev–Trinajstić information content (AvgIpc) is 2.65. The Bertz CT molecular complexity index is 503. The number of amides is 1. The SMILES string of the molecule is CCc1cc(Br)ccc1NC(=O)C1C(C)OC(C)C1C. The summed E-state index contributed by atoms with van der Waals surface area (Å²) in [5, 5.41) is 3.07. The summed E-state index contributed by atoms with van der Waals surface area (Å²) in [6.45, 7) is 8.18. The molecule has 0 spiro atoms. The monoisotopic (exact) mass is 339 g/mol. The molecule has 20 heavy (non-hydrogen) atoms. The van der Waals surface area contributed by atoms with Crippen LogP contribution in [0.3, 0.4) is 0 Å². The van der Waals surface area contributed by atoms with Gasteiger partial charge in [0.2, 0.25) is 5.91 Å². The fraction of sp³-hybridized carbons (Fsp3) is 0.562. The molecule has 2 rings (SSSR count). The molecule has 4 atom stereocenters. The van der Waals surface area contributed by atoms with E-state index in [0.29, 0.717) is 0 Å². The summed E-state index contributed by atoms with van der Waals surface area (Å²) >= 11 is 3.46. The third-order valence-electron chi connectivity index (χ3n) is 4.25. The second kappa shape index (κ2) is 6.27. The topological polar surface area (TPSA) is 38.3 Å². The third-order valence-corrected chi connectivity index (χ3v) is 4.74. The van der Waals surface area contributed by atoms with E-state index in [0.717, 1.165) is 22.1 Å². The average molecular weight is 340 g/mol. The lowest BCUT2D eigenvalue weighted by Crippen LogP contribution is -2.32. The summed E-state index contributed by atoms with van der Waals surface area (Å²) in [4.78, 5) is 12.5. The second-order valence-electron chi connectivity index (χ2n) is 5.58. The van der Waals surface area contributed by atoms with Crippen LogP contribution in [0, 0.1) is 11.8 Å². The highest BCUT2D eigenvalue weighted by Crippen LogP contribution is 2.33. The molecule has 1 fully saturated rings. The van der Waals surface area contributed by atoms with Crippen LogP contribution in [-0.4, -0.2) is 18.1 Å². The summed E-state index contributed by atoms with van der Waals surface area (Å²) in [5.41, 5.74) is 2.04. The highest BCUT2D eigenvalue weighted by atomic mass is 79.9. The van der Waals surface area contributed by atoms with Crippen LogP contribution in [0.4, 0.5) is 5.69 Å². The highest BCUT2D eigenvalue weighted by Gasteiger charge is 2.41. The Morgan fingerprint density at radius 2 is 2.00 bits per heavy atom. The molecule has 4 unspecified atom stereocenters. The molecule has 1 saturated heterocycles. The van der Waals surface area contributed by atoms with E-state index in [1.807, 2.05) is 26.0 Å². The molecule has 1 N–H and O–H groups in total. The standard InChI is InChI=1S/C16H22BrNO2/c1-5-12-8-13(17)6-7-14(12)18-16(19)15-9(2)10(3)20-11(15)4/h6-11,15H,5H2,1-4H3,(H,18,19). The second-order valence-corrected chi connectivity index (χ2v) is 6.49. The number of rotatable bonds is 3. The number of halogens is 1. The van der Waals surface area contributed by atoms with Crippen molar-refractivity contribution in [2.45, 2.75) is 46.3 Å². The van der Waals surface area contributed by atoms with Crippen LogP contribution in [0.25, 0.3) is 0 Å². The summed E-state index contributed by atoms with van der Waals surface area (Å²) in [7, 11) is 0. The van der Waals surface area contributed by atoms with E-state index in [-0.39, 0.29) is 30.0 Å². The molecule has 110 valence electrons. The van der Waals surface area contributed by atoms with Crippen molar-refractivity contribution < 1.29 is 9.53 Å².